The molecule has 1 aromatic heterocycles. The fourth-order valence-electron chi connectivity index (χ4n) is 8.78. The summed E-state index contributed by atoms with van der Waals surface area (Å²) in [4.78, 5) is 5.23. The van der Waals surface area contributed by atoms with Gasteiger partial charge in [-0.15, -0.1) is 0 Å². The van der Waals surface area contributed by atoms with Crippen molar-refractivity contribution >= 4 is 51.0 Å². The summed E-state index contributed by atoms with van der Waals surface area (Å²) in [6, 6.07) is 58.9. The number of hydrogen-bond donors (Lipinski definition) is 1. The van der Waals surface area contributed by atoms with Crippen molar-refractivity contribution in [1.29, 1.82) is 0 Å². The van der Waals surface area contributed by atoms with E-state index in [2.05, 4.69) is 186 Å². The molecule has 246 valence electrons. The maximum atomic E-state index is 3.59. The van der Waals surface area contributed by atoms with Crippen LogP contribution in [-0.2, 0) is 5.41 Å². The first-order valence-corrected chi connectivity index (χ1v) is 19.5. The first kappa shape index (κ1) is 30.0. The molecule has 0 radical (unpaired) electrons. The summed E-state index contributed by atoms with van der Waals surface area (Å²) in [5.74, 6) is 0. The standard InChI is InChI=1S/C48H32N2S2/c1-2-13-33(14-3-1)50-41-20-7-4-15-35(41)47-34(16-12-21-42(47)50)31-25-27-45-39(29-31)48(36-17-5-8-22-43(36)51-44-23-9-6-18-37(44)48)38-26-24-32(30-46(38)52-45)40-19-10-11-28-49-40/h1-27,29-30,49H,28H2. The van der Waals surface area contributed by atoms with Crippen LogP contribution in [0.25, 0.3) is 44.3 Å². The van der Waals surface area contributed by atoms with Crippen LogP contribution in [0, 0.1) is 0 Å². The van der Waals surface area contributed by atoms with Crippen LogP contribution in [0.4, 0.5) is 0 Å². The molecule has 1 spiro atoms. The average molecular weight is 701 g/mol. The van der Waals surface area contributed by atoms with Gasteiger partial charge in [0.2, 0.25) is 0 Å². The molecule has 8 aromatic rings. The molecule has 0 amide bonds. The second-order valence-electron chi connectivity index (χ2n) is 13.6. The fraction of sp³-hybridized carbons (Fsp3) is 0.0417. The molecule has 0 aliphatic carbocycles. The van der Waals surface area contributed by atoms with Crippen LogP contribution in [-0.4, -0.2) is 11.1 Å². The molecule has 4 heterocycles. The van der Waals surface area contributed by atoms with Crippen LogP contribution >= 0.6 is 23.5 Å². The van der Waals surface area contributed by atoms with E-state index in [1.807, 2.05) is 23.5 Å². The van der Waals surface area contributed by atoms with Crippen LogP contribution in [0.15, 0.2) is 196 Å². The second kappa shape index (κ2) is 11.7. The van der Waals surface area contributed by atoms with Crippen molar-refractivity contribution in [3.05, 3.63) is 204 Å². The summed E-state index contributed by atoms with van der Waals surface area (Å²) in [5.41, 5.74) is 13.4. The quantitative estimate of drug-likeness (QED) is 0.198. The topological polar surface area (TPSA) is 17.0 Å². The molecule has 0 atom stereocenters. The highest BCUT2D eigenvalue weighted by molar-refractivity contribution is 8.00. The Bertz CT molecular complexity index is 2760. The van der Waals surface area contributed by atoms with Gasteiger partial charge in [-0.3, -0.25) is 0 Å². The van der Waals surface area contributed by atoms with E-state index in [0.717, 1.165) is 6.54 Å². The van der Waals surface area contributed by atoms with Gasteiger partial charge in [0.25, 0.3) is 0 Å². The highest BCUT2D eigenvalue weighted by Crippen LogP contribution is 2.62. The summed E-state index contributed by atoms with van der Waals surface area (Å²) >= 11 is 3.80. The van der Waals surface area contributed by atoms with Gasteiger partial charge in [-0.25, -0.2) is 0 Å². The number of fused-ring (bicyclic) bond motifs is 11. The van der Waals surface area contributed by atoms with Crippen LogP contribution in [0.5, 0.6) is 0 Å². The second-order valence-corrected chi connectivity index (χ2v) is 15.8. The van der Waals surface area contributed by atoms with Gasteiger partial charge in [0.15, 0.2) is 0 Å². The van der Waals surface area contributed by atoms with E-state index in [-0.39, 0.29) is 0 Å². The monoisotopic (exact) mass is 700 g/mol. The Morgan fingerprint density at radius 3 is 2.00 bits per heavy atom. The van der Waals surface area contributed by atoms with E-state index in [9.17, 15) is 0 Å². The molecule has 0 fully saturated rings. The third kappa shape index (κ3) is 4.28. The van der Waals surface area contributed by atoms with Gasteiger partial charge in [0.1, 0.15) is 0 Å². The van der Waals surface area contributed by atoms with Crippen LogP contribution < -0.4 is 5.32 Å². The third-order valence-electron chi connectivity index (χ3n) is 10.9. The van der Waals surface area contributed by atoms with Gasteiger partial charge in [0.05, 0.1) is 16.4 Å². The van der Waals surface area contributed by atoms with Gasteiger partial charge in [-0.1, -0.05) is 139 Å². The number of aromatic nitrogens is 1. The number of nitrogens with zero attached hydrogens (tertiary/aromatic N) is 1. The Balaban J connectivity index is 1.21. The molecule has 0 bridgehead atoms. The van der Waals surface area contributed by atoms with Crippen LogP contribution in [0.2, 0.25) is 0 Å². The number of benzene rings is 7. The Hall–Kier alpha value is -5.68. The van der Waals surface area contributed by atoms with Crippen molar-refractivity contribution in [3.8, 4) is 16.8 Å². The third-order valence-corrected chi connectivity index (χ3v) is 13.2. The average Bonchev–Trinajstić information content (AvgIpc) is 3.56. The zero-order valence-corrected chi connectivity index (χ0v) is 29.8. The summed E-state index contributed by atoms with van der Waals surface area (Å²) in [6.07, 6.45) is 6.50. The maximum absolute atomic E-state index is 3.59. The predicted molar refractivity (Wildman–Crippen MR) is 218 cm³/mol. The molecule has 11 rings (SSSR count). The zero-order chi connectivity index (χ0) is 34.2. The van der Waals surface area contributed by atoms with E-state index in [1.165, 1.54) is 91.7 Å². The number of nitrogens with one attached hydrogen (secondary N) is 1. The lowest BCUT2D eigenvalue weighted by atomic mass is 9.64. The molecule has 52 heavy (non-hydrogen) atoms. The minimum Gasteiger partial charge on any atom is -0.381 e. The number of dihydropyridines is 1. The molecular weight excluding hydrogens is 669 g/mol. The molecule has 4 heteroatoms. The number of allylic oxidation sites excluding steroid dienone is 2. The van der Waals surface area contributed by atoms with E-state index >= 15 is 0 Å². The fourth-order valence-corrected chi connectivity index (χ4v) is 11.2. The molecule has 3 aliphatic heterocycles. The van der Waals surface area contributed by atoms with Gasteiger partial charge in [0, 0.05) is 48.3 Å². The minimum absolute atomic E-state index is 0.483. The lowest BCUT2D eigenvalue weighted by Crippen LogP contribution is -2.36. The van der Waals surface area contributed by atoms with Crippen molar-refractivity contribution in [2.75, 3.05) is 6.54 Å². The predicted octanol–water partition coefficient (Wildman–Crippen LogP) is 12.3. The van der Waals surface area contributed by atoms with Gasteiger partial charge < -0.3 is 9.88 Å². The Morgan fingerprint density at radius 2 is 1.19 bits per heavy atom. The normalized spacial score (nSPS) is 15.0. The van der Waals surface area contributed by atoms with Crippen molar-refractivity contribution < 1.29 is 0 Å². The summed E-state index contributed by atoms with van der Waals surface area (Å²) in [6.45, 7) is 0.848. The lowest BCUT2D eigenvalue weighted by molar-refractivity contribution is 0.667. The molecule has 1 N–H and O–H groups in total. The van der Waals surface area contributed by atoms with Crippen molar-refractivity contribution in [2.24, 2.45) is 0 Å². The maximum Gasteiger partial charge on any atom is 0.0745 e. The summed E-state index contributed by atoms with van der Waals surface area (Å²) in [5, 5.41) is 6.14. The van der Waals surface area contributed by atoms with E-state index in [1.54, 1.807) is 0 Å². The SMILES string of the molecule is C1=CCNC(c2ccc3c(c2)Sc2ccc(-c4cccc5c4c4ccccc4n5-c4ccccc4)cc2C32c3ccccc3Sc3ccccc32)=C1. The van der Waals surface area contributed by atoms with Crippen LogP contribution in [0.1, 0.15) is 27.8 Å². The van der Waals surface area contributed by atoms with E-state index < -0.39 is 5.41 Å². The highest BCUT2D eigenvalue weighted by Gasteiger charge is 2.49. The van der Waals surface area contributed by atoms with Crippen molar-refractivity contribution in [1.82, 2.24) is 9.88 Å². The largest absolute Gasteiger partial charge is 0.381 e. The molecule has 7 aromatic carbocycles. The Kier molecular flexibility index (Phi) is 6.73. The first-order chi connectivity index (χ1) is 25.8. The minimum atomic E-state index is -0.483. The Morgan fingerprint density at radius 1 is 0.519 bits per heavy atom. The zero-order valence-electron chi connectivity index (χ0n) is 28.2. The smallest absolute Gasteiger partial charge is 0.0745 e. The molecule has 0 unspecified atom stereocenters. The lowest BCUT2D eigenvalue weighted by Gasteiger charge is -2.45. The molecule has 2 nitrogen and oxygen atoms in total. The van der Waals surface area contributed by atoms with E-state index in [4.69, 9.17) is 0 Å². The van der Waals surface area contributed by atoms with E-state index in [0.29, 0.717) is 0 Å². The first-order valence-electron chi connectivity index (χ1n) is 17.8. The van der Waals surface area contributed by atoms with Gasteiger partial charge in [-0.2, -0.15) is 0 Å². The molecule has 0 saturated heterocycles. The number of para-hydroxylation sites is 2. The number of rotatable bonds is 3. The van der Waals surface area contributed by atoms with Crippen molar-refractivity contribution in [3.63, 3.8) is 0 Å². The summed E-state index contributed by atoms with van der Waals surface area (Å²) in [7, 11) is 0. The summed E-state index contributed by atoms with van der Waals surface area (Å²) < 4.78 is 2.41. The van der Waals surface area contributed by atoms with Crippen LogP contribution in [0.3, 0.4) is 0 Å². The van der Waals surface area contributed by atoms with Gasteiger partial charge in [-0.05, 0) is 99.6 Å². The molecule has 3 aliphatic rings. The number of hydrogen-bond acceptors (Lipinski definition) is 3. The molecular formula is C48H32N2S2. The van der Waals surface area contributed by atoms with Gasteiger partial charge >= 0.3 is 0 Å². The highest BCUT2D eigenvalue weighted by atomic mass is 32.2. The molecule has 0 saturated carbocycles. The Labute approximate surface area is 311 Å². The van der Waals surface area contributed by atoms with Crippen molar-refractivity contribution in [2.45, 2.75) is 25.0 Å².